The van der Waals surface area contributed by atoms with Gasteiger partial charge in [-0.15, -0.1) is 0 Å². The summed E-state index contributed by atoms with van der Waals surface area (Å²) in [5, 5.41) is 19.0. The minimum atomic E-state index is -2.73. The largest absolute Gasteiger partial charge is 0.478 e. The molecule has 0 atom stereocenters. The molecule has 1 aromatic rings. The Bertz CT molecular complexity index is 449. The van der Waals surface area contributed by atoms with Crippen LogP contribution in [0.3, 0.4) is 0 Å². The van der Waals surface area contributed by atoms with Crippen molar-refractivity contribution in [3.8, 4) is 0 Å². The van der Waals surface area contributed by atoms with Crippen molar-refractivity contribution in [1.82, 2.24) is 4.98 Å². The predicted molar refractivity (Wildman–Crippen MR) is 58.5 cm³/mol. The van der Waals surface area contributed by atoms with Crippen molar-refractivity contribution in [2.75, 3.05) is 0 Å². The first-order valence-corrected chi connectivity index (χ1v) is 5.62. The molecule has 1 aliphatic carbocycles. The molecule has 1 aliphatic rings. The van der Waals surface area contributed by atoms with Crippen LogP contribution in [-0.4, -0.2) is 27.1 Å². The molecule has 1 heterocycles. The Morgan fingerprint density at radius 3 is 2.28 bits per heavy atom. The van der Waals surface area contributed by atoms with E-state index in [9.17, 15) is 18.7 Å². The monoisotopic (exact) mass is 257 g/mol. The third-order valence-corrected chi connectivity index (χ3v) is 3.30. The molecule has 2 rings (SSSR count). The number of carbonyl (C=O) groups is 1. The molecule has 1 aromatic heterocycles. The molecular formula is C12H13F2NO3. The lowest BCUT2D eigenvalue weighted by molar-refractivity contribution is -0.108. The number of aliphatic hydroxyl groups is 1. The number of hydrogen-bond donors (Lipinski definition) is 2. The average molecular weight is 257 g/mol. The fraction of sp³-hybridized carbons (Fsp3) is 0.500. The zero-order valence-corrected chi connectivity index (χ0v) is 9.57. The highest BCUT2D eigenvalue weighted by Crippen LogP contribution is 2.42. The second kappa shape index (κ2) is 4.28. The van der Waals surface area contributed by atoms with Gasteiger partial charge in [-0.1, -0.05) is 0 Å². The molecule has 2 N–H and O–H groups in total. The van der Waals surface area contributed by atoms with Gasteiger partial charge in [0.15, 0.2) is 0 Å². The van der Waals surface area contributed by atoms with Crippen LogP contribution in [0.4, 0.5) is 8.78 Å². The molecule has 4 nitrogen and oxygen atoms in total. The Hall–Kier alpha value is -1.56. The van der Waals surface area contributed by atoms with E-state index in [0.29, 0.717) is 0 Å². The Labute approximate surface area is 102 Å². The first-order chi connectivity index (χ1) is 8.32. The third-order valence-electron chi connectivity index (χ3n) is 3.30. The van der Waals surface area contributed by atoms with E-state index < -0.39 is 17.5 Å². The van der Waals surface area contributed by atoms with Gasteiger partial charge in [0.25, 0.3) is 0 Å². The van der Waals surface area contributed by atoms with Gasteiger partial charge >= 0.3 is 5.97 Å². The Morgan fingerprint density at radius 2 is 1.83 bits per heavy atom. The van der Waals surface area contributed by atoms with E-state index in [-0.39, 0.29) is 36.9 Å². The van der Waals surface area contributed by atoms with Crippen LogP contribution in [0, 0.1) is 0 Å². The number of alkyl halides is 2. The van der Waals surface area contributed by atoms with Gasteiger partial charge in [0.05, 0.1) is 11.3 Å². The predicted octanol–water partition coefficient (Wildman–Crippen LogP) is 2.18. The number of hydrogen-bond acceptors (Lipinski definition) is 3. The third kappa shape index (κ3) is 2.48. The van der Waals surface area contributed by atoms with Crippen LogP contribution in [0.15, 0.2) is 18.3 Å². The summed E-state index contributed by atoms with van der Waals surface area (Å²) in [6.45, 7) is 0. The maximum atomic E-state index is 13.0. The summed E-state index contributed by atoms with van der Waals surface area (Å²) < 4.78 is 26.0. The number of rotatable bonds is 2. The molecule has 0 unspecified atom stereocenters. The van der Waals surface area contributed by atoms with Crippen LogP contribution in [0.25, 0.3) is 0 Å². The van der Waals surface area contributed by atoms with Crippen molar-refractivity contribution in [3.63, 3.8) is 0 Å². The van der Waals surface area contributed by atoms with E-state index in [1.54, 1.807) is 0 Å². The Morgan fingerprint density at radius 1 is 1.22 bits per heavy atom. The minimum absolute atomic E-state index is 0.00323. The lowest BCUT2D eigenvalue weighted by Crippen LogP contribution is -2.37. The van der Waals surface area contributed by atoms with Gasteiger partial charge in [0, 0.05) is 19.0 Å². The van der Waals surface area contributed by atoms with Gasteiger partial charge in [0.1, 0.15) is 5.60 Å². The number of aromatic carboxylic acids is 1. The summed E-state index contributed by atoms with van der Waals surface area (Å²) >= 11 is 0. The van der Waals surface area contributed by atoms with E-state index in [1.165, 1.54) is 12.1 Å². The molecular weight excluding hydrogens is 244 g/mol. The molecule has 98 valence electrons. The lowest BCUT2D eigenvalue weighted by atomic mass is 9.80. The molecule has 1 saturated carbocycles. The summed E-state index contributed by atoms with van der Waals surface area (Å²) in [4.78, 5) is 14.5. The first-order valence-electron chi connectivity index (χ1n) is 5.62. The van der Waals surface area contributed by atoms with Crippen molar-refractivity contribution in [2.45, 2.75) is 37.2 Å². The van der Waals surface area contributed by atoms with Crippen LogP contribution in [0.2, 0.25) is 0 Å². The van der Waals surface area contributed by atoms with E-state index >= 15 is 0 Å². The maximum absolute atomic E-state index is 13.0. The summed E-state index contributed by atoms with van der Waals surface area (Å²) in [6.07, 6.45) is 0.221. The van der Waals surface area contributed by atoms with Crippen molar-refractivity contribution >= 4 is 5.97 Å². The summed E-state index contributed by atoms with van der Waals surface area (Å²) in [5.41, 5.74) is -1.12. The van der Waals surface area contributed by atoms with Gasteiger partial charge < -0.3 is 10.2 Å². The summed E-state index contributed by atoms with van der Waals surface area (Å²) in [6, 6.07) is 2.70. The van der Waals surface area contributed by atoms with Crippen molar-refractivity contribution < 1.29 is 23.8 Å². The molecule has 1 fully saturated rings. The second-order valence-electron chi connectivity index (χ2n) is 4.62. The maximum Gasteiger partial charge on any atom is 0.337 e. The molecule has 18 heavy (non-hydrogen) atoms. The van der Waals surface area contributed by atoms with E-state index in [0.717, 1.165) is 6.20 Å². The zero-order chi connectivity index (χ0) is 13.4. The molecule has 0 saturated heterocycles. The van der Waals surface area contributed by atoms with Gasteiger partial charge in [-0.05, 0) is 25.0 Å². The lowest BCUT2D eigenvalue weighted by Gasteiger charge is -2.35. The topological polar surface area (TPSA) is 70.4 Å². The Balaban J connectivity index is 2.18. The number of pyridine rings is 1. The summed E-state index contributed by atoms with van der Waals surface area (Å²) in [7, 11) is 0. The van der Waals surface area contributed by atoms with Crippen LogP contribution in [0.1, 0.15) is 41.7 Å². The SMILES string of the molecule is O=C(O)c1ccc(C2(O)CCC(F)(F)CC2)nc1. The number of carboxylic acids is 1. The van der Waals surface area contributed by atoms with Crippen LogP contribution in [0.5, 0.6) is 0 Å². The van der Waals surface area contributed by atoms with Crippen LogP contribution >= 0.6 is 0 Å². The zero-order valence-electron chi connectivity index (χ0n) is 9.57. The molecule has 0 amide bonds. The molecule has 0 radical (unpaired) electrons. The fourth-order valence-electron chi connectivity index (χ4n) is 2.08. The number of halogens is 2. The highest BCUT2D eigenvalue weighted by Gasteiger charge is 2.43. The van der Waals surface area contributed by atoms with Gasteiger partial charge in [0.2, 0.25) is 5.92 Å². The van der Waals surface area contributed by atoms with Crippen LogP contribution < -0.4 is 0 Å². The number of carboxylic acid groups (broad SMARTS) is 1. The molecule has 0 aromatic carbocycles. The first kappa shape index (κ1) is 12.9. The summed E-state index contributed by atoms with van der Waals surface area (Å²) in [5.74, 6) is -3.84. The van der Waals surface area contributed by atoms with E-state index in [4.69, 9.17) is 5.11 Å². The number of aromatic nitrogens is 1. The fourth-order valence-corrected chi connectivity index (χ4v) is 2.08. The van der Waals surface area contributed by atoms with E-state index in [1.807, 2.05) is 0 Å². The number of nitrogens with zero attached hydrogens (tertiary/aromatic N) is 1. The standard InChI is InChI=1S/C12H13F2NO3/c13-12(14)5-3-11(18,4-6-12)9-2-1-8(7-15-9)10(16)17/h1-2,7,18H,3-6H2,(H,16,17). The van der Waals surface area contributed by atoms with Crippen LogP contribution in [-0.2, 0) is 5.60 Å². The average Bonchev–Trinajstić information content (AvgIpc) is 2.34. The van der Waals surface area contributed by atoms with Gasteiger partial charge in [-0.2, -0.15) is 0 Å². The normalized spacial score (nSPS) is 21.5. The van der Waals surface area contributed by atoms with E-state index in [2.05, 4.69) is 4.98 Å². The molecule has 0 aliphatic heterocycles. The Kier molecular flexibility index (Phi) is 3.06. The van der Waals surface area contributed by atoms with Crippen molar-refractivity contribution in [1.29, 1.82) is 0 Å². The second-order valence-corrected chi connectivity index (χ2v) is 4.62. The molecule has 0 spiro atoms. The highest BCUT2D eigenvalue weighted by molar-refractivity contribution is 5.87. The highest BCUT2D eigenvalue weighted by atomic mass is 19.3. The van der Waals surface area contributed by atoms with Gasteiger partial charge in [-0.25, -0.2) is 13.6 Å². The van der Waals surface area contributed by atoms with Crippen molar-refractivity contribution in [3.05, 3.63) is 29.6 Å². The smallest absolute Gasteiger partial charge is 0.337 e. The van der Waals surface area contributed by atoms with Crippen molar-refractivity contribution in [2.24, 2.45) is 0 Å². The molecule has 6 heteroatoms. The van der Waals surface area contributed by atoms with Gasteiger partial charge in [-0.3, -0.25) is 4.98 Å². The quantitative estimate of drug-likeness (QED) is 0.851. The molecule has 0 bridgehead atoms. The minimum Gasteiger partial charge on any atom is -0.478 e.